The highest BCUT2D eigenvalue weighted by Gasteiger charge is 2.40. The van der Waals surface area contributed by atoms with Crippen molar-refractivity contribution in [2.24, 2.45) is 0 Å². The lowest BCUT2D eigenvalue weighted by Crippen LogP contribution is -2.32. The summed E-state index contributed by atoms with van der Waals surface area (Å²) in [6.45, 7) is 3.52. The summed E-state index contributed by atoms with van der Waals surface area (Å²) in [7, 11) is 1.72. The van der Waals surface area contributed by atoms with Crippen LogP contribution in [-0.2, 0) is 4.74 Å². The molecule has 2 atom stereocenters. The number of pyridine rings is 1. The largest absolute Gasteiger partial charge is 0.385 e. The molecular formula is C23H25ClN4OS. The zero-order chi connectivity index (χ0) is 21.1. The van der Waals surface area contributed by atoms with Gasteiger partial charge in [-0.25, -0.2) is 0 Å². The van der Waals surface area contributed by atoms with Crippen molar-refractivity contribution in [2.45, 2.75) is 25.4 Å². The Bertz CT molecular complexity index is 1020. The van der Waals surface area contributed by atoms with Crippen LogP contribution in [0.1, 0.15) is 35.5 Å². The summed E-state index contributed by atoms with van der Waals surface area (Å²) in [5.41, 5.74) is 4.25. The lowest BCUT2D eigenvalue weighted by molar-refractivity contribution is 0.180. The molecule has 0 spiro atoms. The van der Waals surface area contributed by atoms with Crippen LogP contribution in [0.15, 0.2) is 60.9 Å². The van der Waals surface area contributed by atoms with Gasteiger partial charge < -0.3 is 19.5 Å². The van der Waals surface area contributed by atoms with E-state index >= 15 is 0 Å². The fourth-order valence-corrected chi connectivity index (χ4v) is 4.45. The third-order valence-electron chi connectivity index (χ3n) is 5.45. The zero-order valence-electron chi connectivity index (χ0n) is 17.1. The van der Waals surface area contributed by atoms with Crippen molar-refractivity contribution >= 4 is 28.9 Å². The average molecular weight is 441 g/mol. The van der Waals surface area contributed by atoms with Crippen molar-refractivity contribution in [3.05, 3.63) is 82.9 Å². The molecule has 0 saturated carbocycles. The first-order chi connectivity index (χ1) is 14.6. The maximum Gasteiger partial charge on any atom is 0.170 e. The van der Waals surface area contributed by atoms with Crippen molar-refractivity contribution < 1.29 is 4.74 Å². The summed E-state index contributed by atoms with van der Waals surface area (Å²) in [6.07, 6.45) is 4.80. The summed E-state index contributed by atoms with van der Waals surface area (Å²) in [4.78, 5) is 6.87. The number of nitrogens with one attached hydrogen (secondary N) is 1. The molecule has 0 radical (unpaired) electrons. The Morgan fingerprint density at radius 2 is 2.07 bits per heavy atom. The second-order valence-electron chi connectivity index (χ2n) is 7.40. The van der Waals surface area contributed by atoms with E-state index in [4.69, 9.17) is 28.6 Å². The highest BCUT2D eigenvalue weighted by molar-refractivity contribution is 7.80. The van der Waals surface area contributed by atoms with Crippen molar-refractivity contribution in [1.29, 1.82) is 0 Å². The van der Waals surface area contributed by atoms with Crippen LogP contribution in [0.4, 0.5) is 0 Å². The number of methoxy groups -OCH3 is 1. The molecule has 0 amide bonds. The second kappa shape index (κ2) is 9.16. The Kier molecular flexibility index (Phi) is 6.37. The van der Waals surface area contributed by atoms with E-state index in [9.17, 15) is 0 Å². The number of halogens is 1. The molecule has 1 fully saturated rings. The number of benzene rings is 1. The lowest BCUT2D eigenvalue weighted by atomic mass is 10.0. The van der Waals surface area contributed by atoms with E-state index in [-0.39, 0.29) is 12.1 Å². The number of hydrogen-bond acceptors (Lipinski definition) is 3. The monoisotopic (exact) mass is 440 g/mol. The van der Waals surface area contributed by atoms with Crippen LogP contribution in [0.5, 0.6) is 0 Å². The minimum absolute atomic E-state index is 0.00948. The molecule has 5 nitrogen and oxygen atoms in total. The van der Waals surface area contributed by atoms with E-state index in [1.807, 2.05) is 43.5 Å². The number of rotatable bonds is 7. The Hall–Kier alpha value is -2.41. The lowest BCUT2D eigenvalue weighted by Gasteiger charge is -2.29. The minimum Gasteiger partial charge on any atom is -0.385 e. The van der Waals surface area contributed by atoms with Gasteiger partial charge in [-0.1, -0.05) is 17.7 Å². The molecule has 1 aliphatic rings. The van der Waals surface area contributed by atoms with Gasteiger partial charge in [0.2, 0.25) is 0 Å². The van der Waals surface area contributed by atoms with Gasteiger partial charge in [0.1, 0.15) is 0 Å². The van der Waals surface area contributed by atoms with E-state index in [1.165, 1.54) is 0 Å². The minimum atomic E-state index is -0.0386. The average Bonchev–Trinajstić information content (AvgIpc) is 3.35. The van der Waals surface area contributed by atoms with Crippen molar-refractivity contribution in [1.82, 2.24) is 19.8 Å². The first kappa shape index (κ1) is 20.8. The van der Waals surface area contributed by atoms with Gasteiger partial charge >= 0.3 is 0 Å². The van der Waals surface area contributed by atoms with Crippen LogP contribution < -0.4 is 5.32 Å². The molecule has 7 heteroatoms. The number of aromatic nitrogens is 2. The molecule has 1 N–H and O–H groups in total. The van der Waals surface area contributed by atoms with E-state index in [1.54, 1.807) is 7.11 Å². The third-order valence-corrected chi connectivity index (χ3v) is 6.22. The van der Waals surface area contributed by atoms with Gasteiger partial charge in [0.25, 0.3) is 0 Å². The Morgan fingerprint density at radius 3 is 2.80 bits per heavy atom. The molecule has 0 bridgehead atoms. The Balaban J connectivity index is 1.76. The van der Waals surface area contributed by atoms with Crippen molar-refractivity contribution in [2.75, 3.05) is 20.3 Å². The van der Waals surface area contributed by atoms with Crippen molar-refractivity contribution in [3.63, 3.8) is 0 Å². The smallest absolute Gasteiger partial charge is 0.170 e. The fourth-order valence-electron chi connectivity index (χ4n) is 4.00. The Labute approximate surface area is 187 Å². The Morgan fingerprint density at radius 1 is 1.20 bits per heavy atom. The molecule has 30 heavy (non-hydrogen) atoms. The molecule has 4 rings (SSSR count). The van der Waals surface area contributed by atoms with Crippen LogP contribution >= 0.6 is 23.8 Å². The van der Waals surface area contributed by atoms with Gasteiger partial charge in [-0.3, -0.25) is 4.98 Å². The first-order valence-corrected chi connectivity index (χ1v) is 10.8. The molecule has 3 heterocycles. The maximum absolute atomic E-state index is 6.26. The SMILES string of the molecule is COCCCN1C(=S)N[C@H](c2ccccn2)[C@H]1c1cccn1-c1ccc(Cl)c(C)c1. The van der Waals surface area contributed by atoms with Crippen LogP contribution in [-0.4, -0.2) is 39.8 Å². The number of ether oxygens (including phenoxy) is 1. The summed E-state index contributed by atoms with van der Waals surface area (Å²) >= 11 is 12.0. The van der Waals surface area contributed by atoms with Crippen LogP contribution in [0, 0.1) is 6.92 Å². The van der Waals surface area contributed by atoms with Crippen molar-refractivity contribution in [3.8, 4) is 5.69 Å². The quantitative estimate of drug-likeness (QED) is 0.420. The summed E-state index contributed by atoms with van der Waals surface area (Å²) < 4.78 is 7.48. The normalized spacial score (nSPS) is 18.6. The van der Waals surface area contributed by atoms with E-state index in [0.717, 1.165) is 45.7 Å². The highest BCUT2D eigenvalue weighted by Crippen LogP contribution is 2.39. The highest BCUT2D eigenvalue weighted by atomic mass is 35.5. The van der Waals surface area contributed by atoms with Gasteiger partial charge in [-0.05, 0) is 73.6 Å². The molecule has 3 aromatic rings. The first-order valence-electron chi connectivity index (χ1n) is 10.0. The number of thiocarbonyl (C=S) groups is 1. The predicted molar refractivity (Wildman–Crippen MR) is 124 cm³/mol. The molecule has 0 unspecified atom stereocenters. The topological polar surface area (TPSA) is 42.3 Å². The van der Waals surface area contributed by atoms with Crippen LogP contribution in [0.2, 0.25) is 5.02 Å². The van der Waals surface area contributed by atoms with E-state index in [2.05, 4.69) is 44.2 Å². The molecule has 1 aliphatic heterocycles. The van der Waals surface area contributed by atoms with Gasteiger partial charge in [-0.15, -0.1) is 0 Å². The molecular weight excluding hydrogens is 416 g/mol. The van der Waals surface area contributed by atoms with Gasteiger partial charge in [-0.2, -0.15) is 0 Å². The van der Waals surface area contributed by atoms with Gasteiger partial charge in [0.05, 0.1) is 17.8 Å². The van der Waals surface area contributed by atoms with Gasteiger partial charge in [0.15, 0.2) is 5.11 Å². The van der Waals surface area contributed by atoms with Crippen LogP contribution in [0.25, 0.3) is 5.69 Å². The zero-order valence-corrected chi connectivity index (χ0v) is 18.7. The number of aryl methyl sites for hydroxylation is 1. The second-order valence-corrected chi connectivity index (χ2v) is 8.20. The maximum atomic E-state index is 6.26. The molecule has 156 valence electrons. The third kappa shape index (κ3) is 4.08. The summed E-state index contributed by atoms with van der Waals surface area (Å²) in [5, 5.41) is 5.01. The molecule has 1 saturated heterocycles. The van der Waals surface area contributed by atoms with E-state index < -0.39 is 0 Å². The standard InChI is InChI=1S/C23H25ClN4OS/c1-16-15-17(9-10-18(16)24)27-12-5-8-20(27)22-21(19-7-3-4-11-25-19)26-23(30)28(22)13-6-14-29-2/h3-5,7-12,15,21-22H,6,13-14H2,1-2H3,(H,26,30)/t21-,22-/m1/s1. The number of nitrogens with zero attached hydrogens (tertiary/aromatic N) is 3. The number of hydrogen-bond donors (Lipinski definition) is 1. The predicted octanol–water partition coefficient (Wildman–Crippen LogP) is 4.84. The van der Waals surface area contributed by atoms with E-state index in [0.29, 0.717) is 6.61 Å². The van der Waals surface area contributed by atoms with Gasteiger partial charge in [0, 0.05) is 49.1 Å². The fraction of sp³-hybridized carbons (Fsp3) is 0.304. The molecule has 2 aromatic heterocycles. The van der Waals surface area contributed by atoms with Crippen LogP contribution in [0.3, 0.4) is 0 Å². The molecule has 1 aromatic carbocycles. The molecule has 0 aliphatic carbocycles. The summed E-state index contributed by atoms with van der Waals surface area (Å²) in [5.74, 6) is 0. The summed E-state index contributed by atoms with van der Waals surface area (Å²) in [6, 6.07) is 16.3.